The van der Waals surface area contributed by atoms with E-state index in [0.29, 0.717) is 36.1 Å². The van der Waals surface area contributed by atoms with Gasteiger partial charge in [-0.2, -0.15) is 0 Å². The molecule has 2 fully saturated rings. The summed E-state index contributed by atoms with van der Waals surface area (Å²) in [6.45, 7) is 6.30. The highest BCUT2D eigenvalue weighted by Crippen LogP contribution is 2.37. The Labute approximate surface area is 152 Å². The average Bonchev–Trinajstić information content (AvgIpc) is 3.08. The van der Waals surface area contributed by atoms with E-state index in [9.17, 15) is 4.79 Å². The Morgan fingerprint density at radius 3 is 2.46 bits per heavy atom. The van der Waals surface area contributed by atoms with Crippen molar-refractivity contribution in [1.82, 2.24) is 4.90 Å². The van der Waals surface area contributed by atoms with Crippen molar-refractivity contribution in [2.24, 2.45) is 23.5 Å². The maximum absolute atomic E-state index is 12.5. The molecule has 3 atom stereocenters. The number of hydrogen-bond acceptors (Lipinski definition) is 2. The summed E-state index contributed by atoms with van der Waals surface area (Å²) in [7, 11) is 0. The van der Waals surface area contributed by atoms with E-state index in [1.165, 1.54) is 17.5 Å². The Hall–Kier alpha value is -1.06. The lowest BCUT2D eigenvalue weighted by Crippen LogP contribution is -2.33. The SMILES string of the molecule is CC(C)Cc1ccc(CCC(=O)N2CC3CCC(N)C3C2)cc1.Cl. The lowest BCUT2D eigenvalue weighted by Gasteiger charge is -2.18. The van der Waals surface area contributed by atoms with Crippen LogP contribution in [0.1, 0.15) is 44.2 Å². The fourth-order valence-corrected chi connectivity index (χ4v) is 4.23. The Balaban J connectivity index is 0.00000208. The molecule has 3 unspecified atom stereocenters. The second-order valence-electron chi connectivity index (χ2n) is 7.88. The smallest absolute Gasteiger partial charge is 0.222 e. The van der Waals surface area contributed by atoms with Gasteiger partial charge in [-0.3, -0.25) is 4.79 Å². The number of aryl methyl sites for hydroxylation is 1. The molecule has 3 rings (SSSR count). The van der Waals surface area contributed by atoms with Crippen LogP contribution in [0.3, 0.4) is 0 Å². The van der Waals surface area contributed by atoms with Gasteiger partial charge in [0.15, 0.2) is 0 Å². The number of carbonyl (C=O) groups excluding carboxylic acids is 1. The number of nitrogens with two attached hydrogens (primary N) is 1. The second-order valence-corrected chi connectivity index (χ2v) is 7.88. The normalized spacial score (nSPS) is 25.7. The number of rotatable bonds is 5. The zero-order chi connectivity index (χ0) is 16.4. The maximum Gasteiger partial charge on any atom is 0.222 e. The fourth-order valence-electron chi connectivity index (χ4n) is 4.23. The molecule has 3 nitrogen and oxygen atoms in total. The van der Waals surface area contributed by atoms with E-state index in [-0.39, 0.29) is 12.4 Å². The van der Waals surface area contributed by atoms with Crippen LogP contribution in [-0.2, 0) is 17.6 Å². The van der Waals surface area contributed by atoms with Gasteiger partial charge in [-0.05, 0) is 54.6 Å². The monoisotopic (exact) mass is 350 g/mol. The van der Waals surface area contributed by atoms with Gasteiger partial charge in [0.2, 0.25) is 5.91 Å². The number of nitrogens with zero attached hydrogens (tertiary/aromatic N) is 1. The quantitative estimate of drug-likeness (QED) is 0.884. The molecule has 1 saturated carbocycles. The van der Waals surface area contributed by atoms with Crippen molar-refractivity contribution in [3.63, 3.8) is 0 Å². The molecular weight excluding hydrogens is 320 g/mol. The van der Waals surface area contributed by atoms with Crippen LogP contribution < -0.4 is 5.73 Å². The van der Waals surface area contributed by atoms with Crippen LogP contribution in [0.2, 0.25) is 0 Å². The molecule has 0 aromatic heterocycles. The third-order valence-corrected chi connectivity index (χ3v) is 5.56. The van der Waals surface area contributed by atoms with Crippen LogP contribution in [0.15, 0.2) is 24.3 Å². The molecule has 1 saturated heterocycles. The third-order valence-electron chi connectivity index (χ3n) is 5.56. The van der Waals surface area contributed by atoms with Crippen molar-refractivity contribution in [2.45, 2.75) is 52.0 Å². The minimum absolute atomic E-state index is 0. The molecule has 1 aliphatic carbocycles. The summed E-state index contributed by atoms with van der Waals surface area (Å²) in [4.78, 5) is 14.5. The van der Waals surface area contributed by atoms with Crippen molar-refractivity contribution < 1.29 is 4.79 Å². The van der Waals surface area contributed by atoms with Crippen molar-refractivity contribution in [3.05, 3.63) is 35.4 Å². The Kier molecular flexibility index (Phi) is 6.70. The molecule has 0 spiro atoms. The standard InChI is InChI=1S/C20H30N2O.ClH/c1-14(2)11-16-5-3-15(4-6-16)7-10-20(23)22-12-17-8-9-19(21)18(17)13-22;/h3-6,14,17-19H,7-13,21H2,1-2H3;1H. The highest BCUT2D eigenvalue weighted by atomic mass is 35.5. The van der Waals surface area contributed by atoms with E-state index in [1.807, 2.05) is 0 Å². The molecule has 0 bridgehead atoms. The predicted molar refractivity (Wildman–Crippen MR) is 101 cm³/mol. The van der Waals surface area contributed by atoms with Gasteiger partial charge in [-0.15, -0.1) is 12.4 Å². The first-order valence-electron chi connectivity index (χ1n) is 9.14. The summed E-state index contributed by atoms with van der Waals surface area (Å²) in [6, 6.07) is 9.09. The number of carbonyl (C=O) groups is 1. The molecule has 2 N–H and O–H groups in total. The van der Waals surface area contributed by atoms with Crippen molar-refractivity contribution in [2.75, 3.05) is 13.1 Å². The van der Waals surface area contributed by atoms with E-state index in [0.717, 1.165) is 32.4 Å². The van der Waals surface area contributed by atoms with Crippen molar-refractivity contribution in [3.8, 4) is 0 Å². The van der Waals surface area contributed by atoms with Crippen LogP contribution in [-0.4, -0.2) is 29.9 Å². The van der Waals surface area contributed by atoms with Crippen LogP contribution in [0, 0.1) is 17.8 Å². The van der Waals surface area contributed by atoms with E-state index >= 15 is 0 Å². The predicted octanol–water partition coefficient (Wildman–Crippen LogP) is 3.44. The van der Waals surface area contributed by atoms with Gasteiger partial charge in [0.25, 0.3) is 0 Å². The van der Waals surface area contributed by atoms with Gasteiger partial charge in [-0.25, -0.2) is 0 Å². The number of benzene rings is 1. The Morgan fingerprint density at radius 2 is 1.83 bits per heavy atom. The molecule has 0 radical (unpaired) electrons. The Bertz CT molecular complexity index is 543. The van der Waals surface area contributed by atoms with Gasteiger partial charge < -0.3 is 10.6 Å². The zero-order valence-corrected chi connectivity index (χ0v) is 15.7. The Morgan fingerprint density at radius 1 is 1.17 bits per heavy atom. The molecular formula is C20H31ClN2O. The number of likely N-dealkylation sites (tertiary alicyclic amines) is 1. The number of amides is 1. The number of fused-ring (bicyclic) bond motifs is 1. The molecule has 1 aromatic rings. The maximum atomic E-state index is 12.5. The van der Waals surface area contributed by atoms with Crippen LogP contribution in [0.4, 0.5) is 0 Å². The lowest BCUT2D eigenvalue weighted by molar-refractivity contribution is -0.130. The van der Waals surface area contributed by atoms with Crippen LogP contribution in [0.5, 0.6) is 0 Å². The molecule has 1 aromatic carbocycles. The number of halogens is 1. The van der Waals surface area contributed by atoms with Crippen LogP contribution >= 0.6 is 12.4 Å². The zero-order valence-electron chi connectivity index (χ0n) is 14.9. The minimum atomic E-state index is 0. The minimum Gasteiger partial charge on any atom is -0.342 e. The van der Waals surface area contributed by atoms with Crippen molar-refractivity contribution in [1.29, 1.82) is 0 Å². The van der Waals surface area contributed by atoms with E-state index < -0.39 is 0 Å². The first kappa shape index (κ1) is 19.3. The first-order chi connectivity index (χ1) is 11.0. The summed E-state index contributed by atoms with van der Waals surface area (Å²) in [5.41, 5.74) is 8.81. The van der Waals surface area contributed by atoms with Gasteiger partial charge in [-0.1, -0.05) is 38.1 Å². The average molecular weight is 351 g/mol. The highest BCUT2D eigenvalue weighted by molar-refractivity contribution is 5.85. The topological polar surface area (TPSA) is 46.3 Å². The third kappa shape index (κ3) is 4.52. The van der Waals surface area contributed by atoms with Crippen molar-refractivity contribution >= 4 is 18.3 Å². The largest absolute Gasteiger partial charge is 0.342 e. The van der Waals surface area contributed by atoms with Gasteiger partial charge >= 0.3 is 0 Å². The molecule has 134 valence electrons. The molecule has 1 aliphatic heterocycles. The molecule has 24 heavy (non-hydrogen) atoms. The molecule has 1 heterocycles. The first-order valence-corrected chi connectivity index (χ1v) is 9.14. The summed E-state index contributed by atoms with van der Waals surface area (Å²) >= 11 is 0. The molecule has 2 aliphatic rings. The van der Waals surface area contributed by atoms with E-state index in [1.54, 1.807) is 0 Å². The lowest BCUT2D eigenvalue weighted by atomic mass is 9.98. The molecule has 1 amide bonds. The fraction of sp³-hybridized carbons (Fsp3) is 0.650. The highest BCUT2D eigenvalue weighted by Gasteiger charge is 2.42. The summed E-state index contributed by atoms with van der Waals surface area (Å²) in [5, 5.41) is 0. The molecule has 4 heteroatoms. The summed E-state index contributed by atoms with van der Waals surface area (Å²) in [5.74, 6) is 2.19. The summed E-state index contributed by atoms with van der Waals surface area (Å²) in [6.07, 6.45) is 4.93. The van der Waals surface area contributed by atoms with Gasteiger partial charge in [0.1, 0.15) is 0 Å². The second kappa shape index (κ2) is 8.35. The van der Waals surface area contributed by atoms with Gasteiger partial charge in [0, 0.05) is 25.6 Å². The van der Waals surface area contributed by atoms with E-state index in [2.05, 4.69) is 43.0 Å². The van der Waals surface area contributed by atoms with Gasteiger partial charge in [0.05, 0.1) is 0 Å². The summed E-state index contributed by atoms with van der Waals surface area (Å²) < 4.78 is 0. The van der Waals surface area contributed by atoms with Crippen LogP contribution in [0.25, 0.3) is 0 Å². The number of hydrogen-bond donors (Lipinski definition) is 1. The van der Waals surface area contributed by atoms with E-state index in [4.69, 9.17) is 5.73 Å².